The minimum absolute atomic E-state index is 0.0446. The molecule has 0 radical (unpaired) electrons. The van der Waals surface area contributed by atoms with E-state index >= 15 is 0 Å². The Morgan fingerprint density at radius 1 is 1.05 bits per heavy atom. The molecule has 0 unspecified atom stereocenters. The van der Waals surface area contributed by atoms with Crippen LogP contribution >= 0.6 is 0 Å². The van der Waals surface area contributed by atoms with Gasteiger partial charge in [-0.3, -0.25) is 0 Å². The summed E-state index contributed by atoms with van der Waals surface area (Å²) < 4.78 is 30.1. The molecule has 4 nitrogen and oxygen atoms in total. The van der Waals surface area contributed by atoms with Crippen LogP contribution in [0.1, 0.15) is 29.6 Å². The van der Waals surface area contributed by atoms with Gasteiger partial charge >= 0.3 is 0 Å². The van der Waals surface area contributed by atoms with E-state index in [1.807, 2.05) is 44.2 Å². The second kappa shape index (κ2) is 6.91. The fraction of sp³-hybridized carbons (Fsp3) is 0.375. The summed E-state index contributed by atoms with van der Waals surface area (Å²) in [6.45, 7) is 5.40. The molecule has 0 amide bonds. The lowest BCUT2D eigenvalue weighted by Crippen LogP contribution is -2.11. The third kappa shape index (κ3) is 4.72. The number of rotatable bonds is 7. The molecule has 21 heavy (non-hydrogen) atoms. The van der Waals surface area contributed by atoms with Crippen molar-refractivity contribution < 1.29 is 12.8 Å². The number of hydrogen-bond acceptors (Lipinski definition) is 4. The Balaban J connectivity index is 2.04. The summed E-state index contributed by atoms with van der Waals surface area (Å²) in [4.78, 5) is 0. The molecule has 0 bridgehead atoms. The van der Waals surface area contributed by atoms with Crippen molar-refractivity contribution in [1.29, 1.82) is 0 Å². The molecule has 0 spiro atoms. The Labute approximate surface area is 126 Å². The van der Waals surface area contributed by atoms with Crippen LogP contribution in [0.15, 0.2) is 40.8 Å². The van der Waals surface area contributed by atoms with Crippen molar-refractivity contribution in [1.82, 2.24) is 5.32 Å². The zero-order valence-electron chi connectivity index (χ0n) is 12.4. The Morgan fingerprint density at radius 3 is 2.48 bits per heavy atom. The molecule has 5 heteroatoms. The van der Waals surface area contributed by atoms with Gasteiger partial charge < -0.3 is 9.73 Å². The van der Waals surface area contributed by atoms with Crippen LogP contribution in [0.4, 0.5) is 0 Å². The molecule has 1 aromatic carbocycles. The molecule has 0 fully saturated rings. The second-order valence-corrected chi connectivity index (χ2v) is 7.17. The van der Waals surface area contributed by atoms with E-state index in [0.29, 0.717) is 12.3 Å². The van der Waals surface area contributed by atoms with Gasteiger partial charge in [0, 0.05) is 0 Å². The van der Waals surface area contributed by atoms with Crippen LogP contribution in [0, 0.1) is 6.92 Å². The Hall–Kier alpha value is -1.59. The Morgan fingerprint density at radius 2 is 1.76 bits per heavy atom. The monoisotopic (exact) mass is 307 g/mol. The summed E-state index contributed by atoms with van der Waals surface area (Å²) >= 11 is 0. The lowest BCUT2D eigenvalue weighted by molar-refractivity contribution is 0.459. The quantitative estimate of drug-likeness (QED) is 0.854. The van der Waals surface area contributed by atoms with Gasteiger partial charge in [0.05, 0.1) is 12.3 Å². The fourth-order valence-corrected chi connectivity index (χ4v) is 3.61. The number of aryl methyl sites for hydroxylation is 1. The van der Waals surface area contributed by atoms with Gasteiger partial charge in [0.2, 0.25) is 0 Å². The summed E-state index contributed by atoms with van der Waals surface area (Å²) in [7, 11) is -3.23. The predicted molar refractivity (Wildman–Crippen MR) is 83.6 cm³/mol. The van der Waals surface area contributed by atoms with E-state index in [1.165, 1.54) is 0 Å². The average molecular weight is 307 g/mol. The molecular formula is C16H21NO3S. The minimum atomic E-state index is -3.23. The highest BCUT2D eigenvalue weighted by atomic mass is 32.2. The van der Waals surface area contributed by atoms with Crippen molar-refractivity contribution in [3.05, 3.63) is 59.0 Å². The van der Waals surface area contributed by atoms with Gasteiger partial charge in [0.1, 0.15) is 17.3 Å². The molecular weight excluding hydrogens is 286 g/mol. The van der Waals surface area contributed by atoms with Gasteiger partial charge in [-0.25, -0.2) is 8.42 Å². The molecule has 2 aromatic rings. The Kier molecular flexibility index (Phi) is 5.20. The van der Waals surface area contributed by atoms with Crippen molar-refractivity contribution in [2.24, 2.45) is 0 Å². The van der Waals surface area contributed by atoms with Gasteiger partial charge in [-0.2, -0.15) is 0 Å². The van der Waals surface area contributed by atoms with Crippen molar-refractivity contribution in [2.45, 2.75) is 31.9 Å². The molecule has 0 atom stereocenters. The van der Waals surface area contributed by atoms with E-state index in [9.17, 15) is 8.42 Å². The highest BCUT2D eigenvalue weighted by Crippen LogP contribution is 2.17. The maximum atomic E-state index is 12.3. The lowest BCUT2D eigenvalue weighted by Gasteiger charge is -2.06. The van der Waals surface area contributed by atoms with Gasteiger partial charge in [0.25, 0.3) is 0 Å². The second-order valence-electron chi connectivity index (χ2n) is 5.11. The van der Waals surface area contributed by atoms with E-state index < -0.39 is 9.84 Å². The number of hydrogen-bond donors (Lipinski definition) is 1. The van der Waals surface area contributed by atoms with E-state index in [2.05, 4.69) is 5.32 Å². The van der Waals surface area contributed by atoms with E-state index in [4.69, 9.17) is 4.42 Å². The molecule has 0 aliphatic rings. The SMILES string of the molecule is CCNCc1ccc(CS(=O)(=O)Cc2ccccc2C)o1. The molecule has 0 saturated carbocycles. The molecule has 0 saturated heterocycles. The van der Waals surface area contributed by atoms with Gasteiger partial charge in [-0.15, -0.1) is 0 Å². The van der Waals surface area contributed by atoms with Crippen molar-refractivity contribution in [3.8, 4) is 0 Å². The standard InChI is InChI=1S/C16H21NO3S/c1-3-17-10-15-8-9-16(20-15)12-21(18,19)11-14-7-5-4-6-13(14)2/h4-9,17H,3,10-12H2,1-2H3. The van der Waals surface area contributed by atoms with Crippen molar-refractivity contribution in [2.75, 3.05) is 6.54 Å². The van der Waals surface area contributed by atoms with Crippen LogP contribution < -0.4 is 5.32 Å². The first kappa shape index (κ1) is 15.8. The largest absolute Gasteiger partial charge is 0.464 e. The molecule has 1 aromatic heterocycles. The predicted octanol–water partition coefficient (Wildman–Crippen LogP) is 2.81. The maximum Gasteiger partial charge on any atom is 0.161 e. The normalized spacial score (nSPS) is 11.7. The zero-order chi connectivity index (χ0) is 15.3. The summed E-state index contributed by atoms with van der Waals surface area (Å²) in [5.41, 5.74) is 1.84. The molecule has 0 aliphatic heterocycles. The maximum absolute atomic E-state index is 12.3. The van der Waals surface area contributed by atoms with Crippen LogP contribution in [-0.4, -0.2) is 15.0 Å². The number of nitrogens with one attached hydrogen (secondary N) is 1. The highest BCUT2D eigenvalue weighted by Gasteiger charge is 2.16. The molecule has 114 valence electrons. The minimum Gasteiger partial charge on any atom is -0.464 e. The molecule has 2 rings (SSSR count). The summed E-state index contributed by atoms with van der Waals surface area (Å²) in [5, 5.41) is 3.14. The molecule has 0 aliphatic carbocycles. The van der Waals surface area contributed by atoms with Crippen molar-refractivity contribution in [3.63, 3.8) is 0 Å². The first-order chi connectivity index (χ1) is 10.00. The number of furan rings is 1. The van der Waals surface area contributed by atoms with Gasteiger partial charge in [-0.05, 0) is 36.7 Å². The lowest BCUT2D eigenvalue weighted by atomic mass is 10.1. The summed E-state index contributed by atoms with van der Waals surface area (Å²) in [6, 6.07) is 11.1. The van der Waals surface area contributed by atoms with E-state index in [1.54, 1.807) is 6.07 Å². The van der Waals surface area contributed by atoms with Crippen LogP contribution in [0.3, 0.4) is 0 Å². The fourth-order valence-electron chi connectivity index (χ4n) is 2.12. The Bertz CT molecular complexity index is 689. The number of sulfone groups is 1. The molecule has 1 N–H and O–H groups in total. The van der Waals surface area contributed by atoms with Crippen LogP contribution in [0.5, 0.6) is 0 Å². The first-order valence-electron chi connectivity index (χ1n) is 7.03. The van der Waals surface area contributed by atoms with Crippen LogP contribution in [0.2, 0.25) is 0 Å². The zero-order valence-corrected chi connectivity index (χ0v) is 13.2. The average Bonchev–Trinajstić information content (AvgIpc) is 2.85. The van der Waals surface area contributed by atoms with Crippen LogP contribution in [-0.2, 0) is 27.9 Å². The van der Waals surface area contributed by atoms with E-state index in [-0.39, 0.29) is 11.5 Å². The van der Waals surface area contributed by atoms with Crippen molar-refractivity contribution >= 4 is 9.84 Å². The van der Waals surface area contributed by atoms with Gasteiger partial charge in [-0.1, -0.05) is 31.2 Å². The highest BCUT2D eigenvalue weighted by molar-refractivity contribution is 7.89. The summed E-state index contributed by atoms with van der Waals surface area (Å²) in [6.07, 6.45) is 0. The topological polar surface area (TPSA) is 59.3 Å². The van der Waals surface area contributed by atoms with E-state index in [0.717, 1.165) is 23.4 Å². The smallest absolute Gasteiger partial charge is 0.161 e. The first-order valence-corrected chi connectivity index (χ1v) is 8.85. The third-order valence-corrected chi connectivity index (χ3v) is 4.74. The summed E-state index contributed by atoms with van der Waals surface area (Å²) in [5.74, 6) is 1.24. The van der Waals surface area contributed by atoms with Crippen LogP contribution in [0.25, 0.3) is 0 Å². The third-order valence-electron chi connectivity index (χ3n) is 3.27. The number of benzene rings is 1. The molecule has 1 heterocycles. The van der Waals surface area contributed by atoms with Gasteiger partial charge in [0.15, 0.2) is 9.84 Å².